The molecule has 1 aromatic carbocycles. The van der Waals surface area contributed by atoms with Crippen LogP contribution in [0.15, 0.2) is 36.0 Å². The first-order valence-electron chi connectivity index (χ1n) is 8.11. The molecule has 2 aromatic heterocycles. The lowest BCUT2D eigenvalue weighted by Gasteiger charge is -2.15. The van der Waals surface area contributed by atoms with E-state index in [4.69, 9.17) is 9.47 Å². The number of aromatic nitrogens is 2. The zero-order valence-electron chi connectivity index (χ0n) is 14.9. The van der Waals surface area contributed by atoms with Gasteiger partial charge in [-0.2, -0.15) is 0 Å². The SMILES string of the molecule is COc1ccc([N+](=O)[O-])cc1NC(=O)C(C)OC(=O)Cc1cn2ccsc2n1. The Bertz CT molecular complexity index is 1010. The Morgan fingerprint density at radius 3 is 2.89 bits per heavy atom. The molecular weight excluding hydrogens is 388 g/mol. The minimum Gasteiger partial charge on any atom is -0.495 e. The normalized spacial score (nSPS) is 11.8. The average molecular weight is 404 g/mol. The topological polar surface area (TPSA) is 125 Å². The van der Waals surface area contributed by atoms with E-state index in [1.165, 1.54) is 43.6 Å². The average Bonchev–Trinajstić information content (AvgIpc) is 3.22. The third-order valence-corrected chi connectivity index (χ3v) is 4.57. The zero-order chi connectivity index (χ0) is 20.3. The molecule has 3 aromatic rings. The number of hydrogen-bond acceptors (Lipinski definition) is 8. The van der Waals surface area contributed by atoms with Crippen LogP contribution >= 0.6 is 11.3 Å². The van der Waals surface area contributed by atoms with Gasteiger partial charge in [0.25, 0.3) is 11.6 Å². The van der Waals surface area contributed by atoms with Crippen LogP contribution in [0.4, 0.5) is 11.4 Å². The maximum absolute atomic E-state index is 12.3. The number of carbonyl (C=O) groups excluding carboxylic acids is 2. The van der Waals surface area contributed by atoms with Crippen LogP contribution in [0, 0.1) is 10.1 Å². The largest absolute Gasteiger partial charge is 0.495 e. The molecule has 0 radical (unpaired) electrons. The van der Waals surface area contributed by atoms with Crippen LogP contribution in [0.1, 0.15) is 12.6 Å². The molecule has 0 fully saturated rings. The number of thiazole rings is 1. The van der Waals surface area contributed by atoms with E-state index in [0.29, 0.717) is 5.69 Å². The molecule has 2 heterocycles. The molecule has 10 nitrogen and oxygen atoms in total. The van der Waals surface area contributed by atoms with Gasteiger partial charge in [0, 0.05) is 29.9 Å². The molecule has 11 heteroatoms. The molecule has 0 spiro atoms. The number of carbonyl (C=O) groups is 2. The summed E-state index contributed by atoms with van der Waals surface area (Å²) in [5.41, 5.74) is 0.434. The van der Waals surface area contributed by atoms with E-state index in [9.17, 15) is 19.7 Å². The first kappa shape index (κ1) is 19.3. The second-order valence-electron chi connectivity index (χ2n) is 5.76. The van der Waals surface area contributed by atoms with E-state index < -0.39 is 22.9 Å². The van der Waals surface area contributed by atoms with Crippen molar-refractivity contribution in [2.45, 2.75) is 19.4 Å². The van der Waals surface area contributed by atoms with Gasteiger partial charge < -0.3 is 14.8 Å². The summed E-state index contributed by atoms with van der Waals surface area (Å²) in [6.45, 7) is 1.41. The van der Waals surface area contributed by atoms with Crippen molar-refractivity contribution in [2.75, 3.05) is 12.4 Å². The molecule has 0 aliphatic carbocycles. The molecule has 1 unspecified atom stereocenters. The van der Waals surface area contributed by atoms with Crippen LogP contribution in [0.3, 0.4) is 0 Å². The molecule has 0 bridgehead atoms. The van der Waals surface area contributed by atoms with Gasteiger partial charge in [-0.3, -0.25) is 24.1 Å². The van der Waals surface area contributed by atoms with E-state index in [1.54, 1.807) is 10.6 Å². The molecule has 0 saturated carbocycles. The summed E-state index contributed by atoms with van der Waals surface area (Å²) in [6.07, 6.45) is 2.35. The number of nitrogens with one attached hydrogen (secondary N) is 1. The Morgan fingerprint density at radius 1 is 1.43 bits per heavy atom. The van der Waals surface area contributed by atoms with Crippen LogP contribution in [-0.2, 0) is 20.7 Å². The van der Waals surface area contributed by atoms with Gasteiger partial charge in [-0.25, -0.2) is 4.98 Å². The summed E-state index contributed by atoms with van der Waals surface area (Å²) in [4.78, 5) is 39.8. The number of anilines is 1. The van der Waals surface area contributed by atoms with Crippen molar-refractivity contribution in [1.29, 1.82) is 0 Å². The molecule has 0 saturated heterocycles. The minimum absolute atomic E-state index is 0.0772. The van der Waals surface area contributed by atoms with Gasteiger partial charge in [0.05, 0.1) is 29.8 Å². The predicted octanol–water partition coefficient (Wildman–Crippen LogP) is 2.43. The van der Waals surface area contributed by atoms with Crippen molar-refractivity contribution >= 4 is 39.5 Å². The number of benzene rings is 1. The maximum atomic E-state index is 12.3. The highest BCUT2D eigenvalue weighted by molar-refractivity contribution is 7.15. The molecule has 1 atom stereocenters. The highest BCUT2D eigenvalue weighted by Crippen LogP contribution is 2.29. The number of ether oxygens (including phenoxy) is 2. The molecule has 146 valence electrons. The fourth-order valence-electron chi connectivity index (χ4n) is 2.44. The van der Waals surface area contributed by atoms with E-state index in [0.717, 1.165) is 4.96 Å². The molecule has 1 amide bonds. The predicted molar refractivity (Wildman–Crippen MR) is 101 cm³/mol. The summed E-state index contributed by atoms with van der Waals surface area (Å²) in [5, 5.41) is 15.3. The van der Waals surface area contributed by atoms with Crippen molar-refractivity contribution < 1.29 is 24.0 Å². The number of non-ortho nitro benzene ring substituents is 1. The summed E-state index contributed by atoms with van der Waals surface area (Å²) in [6, 6.07) is 3.80. The van der Waals surface area contributed by atoms with Crippen LogP contribution < -0.4 is 10.1 Å². The zero-order valence-corrected chi connectivity index (χ0v) is 15.8. The van der Waals surface area contributed by atoms with Gasteiger partial charge in [0.2, 0.25) is 0 Å². The molecule has 28 heavy (non-hydrogen) atoms. The number of imidazole rings is 1. The lowest BCUT2D eigenvalue weighted by molar-refractivity contribution is -0.384. The fraction of sp³-hybridized carbons (Fsp3) is 0.235. The van der Waals surface area contributed by atoms with Crippen LogP contribution in [-0.4, -0.2) is 39.4 Å². The number of rotatable bonds is 7. The summed E-state index contributed by atoms with van der Waals surface area (Å²) < 4.78 is 12.0. The summed E-state index contributed by atoms with van der Waals surface area (Å²) in [7, 11) is 1.37. The molecular formula is C17H16N4O6S. The van der Waals surface area contributed by atoms with E-state index in [2.05, 4.69) is 10.3 Å². The smallest absolute Gasteiger partial charge is 0.312 e. The van der Waals surface area contributed by atoms with E-state index in [-0.39, 0.29) is 23.5 Å². The van der Waals surface area contributed by atoms with Crippen LogP contribution in [0.2, 0.25) is 0 Å². The Hall–Kier alpha value is -3.47. The van der Waals surface area contributed by atoms with Crippen LogP contribution in [0.25, 0.3) is 4.96 Å². The number of amides is 1. The second-order valence-corrected chi connectivity index (χ2v) is 6.64. The number of methoxy groups -OCH3 is 1. The Labute approximate surface area is 162 Å². The van der Waals surface area contributed by atoms with Gasteiger partial charge >= 0.3 is 5.97 Å². The van der Waals surface area contributed by atoms with Crippen LogP contribution in [0.5, 0.6) is 5.75 Å². The number of esters is 1. The van der Waals surface area contributed by atoms with Crippen molar-refractivity contribution in [3.05, 3.63) is 51.8 Å². The number of hydrogen-bond donors (Lipinski definition) is 1. The minimum atomic E-state index is -1.11. The van der Waals surface area contributed by atoms with Gasteiger partial charge in [0.1, 0.15) is 5.75 Å². The van der Waals surface area contributed by atoms with E-state index >= 15 is 0 Å². The Morgan fingerprint density at radius 2 is 2.21 bits per heavy atom. The standard InChI is InChI=1S/C17H16N4O6S/c1-10(27-15(22)7-11-9-20-5-6-28-17(20)18-11)16(23)19-13-8-12(21(24)25)3-4-14(13)26-2/h3-6,8-10H,7H2,1-2H3,(H,19,23). The summed E-state index contributed by atoms with van der Waals surface area (Å²) >= 11 is 1.44. The quantitative estimate of drug-likeness (QED) is 0.364. The molecule has 1 N–H and O–H groups in total. The number of nitrogens with zero attached hydrogens (tertiary/aromatic N) is 3. The van der Waals surface area contributed by atoms with Gasteiger partial charge in [0.15, 0.2) is 11.1 Å². The molecule has 3 rings (SSSR count). The fourth-order valence-corrected chi connectivity index (χ4v) is 3.16. The second kappa shape index (κ2) is 8.05. The van der Waals surface area contributed by atoms with Gasteiger partial charge in [-0.05, 0) is 13.0 Å². The first-order chi connectivity index (χ1) is 13.4. The molecule has 0 aliphatic heterocycles. The number of fused-ring (bicyclic) bond motifs is 1. The van der Waals surface area contributed by atoms with Crippen molar-refractivity contribution in [1.82, 2.24) is 9.38 Å². The summed E-state index contributed by atoms with van der Waals surface area (Å²) in [5.74, 6) is -1.01. The Balaban J connectivity index is 1.62. The molecule has 0 aliphatic rings. The van der Waals surface area contributed by atoms with Gasteiger partial charge in [-0.1, -0.05) is 0 Å². The first-order valence-corrected chi connectivity index (χ1v) is 8.99. The Kier molecular flexibility index (Phi) is 5.54. The van der Waals surface area contributed by atoms with Crippen molar-refractivity contribution in [3.8, 4) is 5.75 Å². The maximum Gasteiger partial charge on any atom is 0.312 e. The van der Waals surface area contributed by atoms with Gasteiger partial charge in [-0.15, -0.1) is 11.3 Å². The highest BCUT2D eigenvalue weighted by Gasteiger charge is 2.21. The third kappa shape index (κ3) is 4.26. The highest BCUT2D eigenvalue weighted by atomic mass is 32.1. The van der Waals surface area contributed by atoms with Crippen molar-refractivity contribution in [2.24, 2.45) is 0 Å². The monoisotopic (exact) mass is 404 g/mol. The van der Waals surface area contributed by atoms with Crippen molar-refractivity contribution in [3.63, 3.8) is 0 Å². The third-order valence-electron chi connectivity index (χ3n) is 3.80. The lowest BCUT2D eigenvalue weighted by Crippen LogP contribution is -2.30. The van der Waals surface area contributed by atoms with E-state index in [1.807, 2.05) is 11.6 Å². The number of nitro groups is 1. The number of nitro benzene ring substituents is 1. The lowest BCUT2D eigenvalue weighted by atomic mass is 10.2.